The molecule has 428 valence electrons. The molecule has 3 aromatic heterocycles. The minimum Gasteiger partial charge on any atom is -0.458 e. The van der Waals surface area contributed by atoms with E-state index in [-0.39, 0.29) is 51.4 Å². The lowest BCUT2D eigenvalue weighted by Gasteiger charge is -2.26. The van der Waals surface area contributed by atoms with Crippen LogP contribution in [-0.4, -0.2) is 14.1 Å². The second-order valence-corrected chi connectivity index (χ2v) is 27.5. The molecular weight excluding hydrogens is 1060 g/mol. The smallest absolute Gasteiger partial charge is 0.269 e. The average molecular weight is 1140 g/mol. The van der Waals surface area contributed by atoms with Gasteiger partial charge >= 0.3 is 0 Å². The number of para-hydroxylation sites is 2. The Balaban J connectivity index is 1.06. The van der Waals surface area contributed by atoms with Crippen LogP contribution >= 0.6 is 0 Å². The van der Waals surface area contributed by atoms with Gasteiger partial charge in [-0.2, -0.15) is 0 Å². The van der Waals surface area contributed by atoms with Gasteiger partial charge < -0.3 is 4.74 Å². The van der Waals surface area contributed by atoms with Crippen molar-refractivity contribution in [3.63, 3.8) is 0 Å². The fourth-order valence-corrected chi connectivity index (χ4v) is 12.7. The van der Waals surface area contributed by atoms with Crippen molar-refractivity contribution >= 4 is 32.8 Å². The number of imidazole rings is 1. The van der Waals surface area contributed by atoms with Gasteiger partial charge in [-0.15, -0.1) is 0 Å². The van der Waals surface area contributed by atoms with Crippen molar-refractivity contribution in [1.29, 1.82) is 0 Å². The number of hydrogen-bond donors (Lipinski definition) is 0. The number of aromatic nitrogens is 4. The van der Waals surface area contributed by atoms with Crippen LogP contribution in [0.25, 0.3) is 117 Å². The molecule has 0 atom stereocenters. The first-order chi connectivity index (χ1) is 43.7. The van der Waals surface area contributed by atoms with E-state index in [0.29, 0.717) is 17.1 Å². The molecule has 5 heteroatoms. The first-order valence-corrected chi connectivity index (χ1v) is 30.3. The maximum Gasteiger partial charge on any atom is 0.269 e. The zero-order valence-electron chi connectivity index (χ0n) is 56.7. The third kappa shape index (κ3) is 9.84. The van der Waals surface area contributed by atoms with E-state index in [4.69, 9.17) is 13.8 Å². The first kappa shape index (κ1) is 49.7. The van der Waals surface area contributed by atoms with Crippen molar-refractivity contribution in [3.05, 3.63) is 259 Å². The summed E-state index contributed by atoms with van der Waals surface area (Å²) in [5.74, 6) is 2.16. The van der Waals surface area contributed by atoms with Gasteiger partial charge in [0.25, 0.3) is 6.33 Å². The Morgan fingerprint density at radius 2 is 1.02 bits per heavy atom. The van der Waals surface area contributed by atoms with Crippen LogP contribution in [0.5, 0.6) is 11.5 Å². The number of fused-ring (bicyclic) bond motifs is 10. The van der Waals surface area contributed by atoms with Crippen LogP contribution in [0.4, 0.5) is 0 Å². The molecule has 14 rings (SSSR count). The van der Waals surface area contributed by atoms with Crippen molar-refractivity contribution in [1.82, 2.24) is 14.1 Å². The van der Waals surface area contributed by atoms with E-state index < -0.39 is 6.04 Å². The van der Waals surface area contributed by atoms with Gasteiger partial charge in [-0.1, -0.05) is 247 Å². The molecule has 1 aliphatic heterocycles. The molecular formula is C82H74N4O. The number of benzene rings is 10. The number of ether oxygens (including phenoxy) is 1. The molecule has 0 aliphatic carbocycles. The lowest BCUT2D eigenvalue weighted by Crippen LogP contribution is -2.32. The van der Waals surface area contributed by atoms with Crippen LogP contribution in [0.2, 0.25) is 0 Å². The van der Waals surface area contributed by atoms with Gasteiger partial charge in [0, 0.05) is 23.0 Å². The highest BCUT2D eigenvalue weighted by Gasteiger charge is 2.30. The maximum atomic E-state index is 9.49. The largest absolute Gasteiger partial charge is 0.458 e. The predicted molar refractivity (Wildman–Crippen MR) is 363 cm³/mol. The molecule has 0 unspecified atom stereocenters. The summed E-state index contributed by atoms with van der Waals surface area (Å²) in [7, 11) is 0. The Bertz CT molecular complexity index is 5120. The topological polar surface area (TPSA) is 35.9 Å². The molecule has 0 bridgehead atoms. The number of hydrogen-bond acceptors (Lipinski definition) is 2. The van der Waals surface area contributed by atoms with Crippen LogP contribution in [0.3, 0.4) is 0 Å². The molecule has 10 aromatic carbocycles. The number of rotatable bonds is 7. The standard InChI is InChI=1S/C82H74N4O/c1-79(2,3)56-37-35-53(36-38-56)64-31-22-33-70-69-32-21-30-63(52-23-14-13-15-24-52)76(69)68-29-17-16-27-65(68)71-45-55(54-43-58(81(7,8)9)47-59(44-54)82(10,11)12)46-74-78(71)85(77(64)70)51-84(74)60-25-20-26-61(49-60)87-62-39-40-67-66-28-18-19-34-72(66)86(73(67)50-62)75-48-57(41-42-83-75)80(4,5)6/h13-50H,1-12H3/i13D,14D,15D,23D,24D. The van der Waals surface area contributed by atoms with E-state index in [1.807, 2.05) is 36.5 Å². The van der Waals surface area contributed by atoms with E-state index in [1.54, 1.807) is 0 Å². The predicted octanol–water partition coefficient (Wildman–Crippen LogP) is 21.5. The van der Waals surface area contributed by atoms with E-state index >= 15 is 0 Å². The van der Waals surface area contributed by atoms with Crippen LogP contribution in [0.15, 0.2) is 231 Å². The van der Waals surface area contributed by atoms with Gasteiger partial charge in [0.05, 0.1) is 40.3 Å². The van der Waals surface area contributed by atoms with E-state index in [0.717, 1.165) is 106 Å². The molecule has 0 N–H and O–H groups in total. The van der Waals surface area contributed by atoms with E-state index in [1.165, 1.54) is 22.3 Å². The molecule has 0 amide bonds. The molecule has 5 nitrogen and oxygen atoms in total. The Morgan fingerprint density at radius 3 is 1.75 bits per heavy atom. The third-order valence-electron chi connectivity index (χ3n) is 17.5. The Kier molecular flexibility index (Phi) is 11.7. The van der Waals surface area contributed by atoms with E-state index in [9.17, 15) is 2.74 Å². The van der Waals surface area contributed by atoms with Crippen LogP contribution in [-0.2, 0) is 21.7 Å². The summed E-state index contributed by atoms with van der Waals surface area (Å²) in [4.78, 5) is 4.96. The summed E-state index contributed by atoms with van der Waals surface area (Å²) < 4.78 is 59.3. The molecule has 1 aliphatic rings. The fourth-order valence-electron chi connectivity index (χ4n) is 12.7. The van der Waals surface area contributed by atoms with Crippen LogP contribution < -0.4 is 9.30 Å². The van der Waals surface area contributed by atoms with Crippen molar-refractivity contribution in [3.8, 4) is 95.5 Å². The quantitative estimate of drug-likeness (QED) is 0.118. The monoisotopic (exact) mass is 1140 g/mol. The van der Waals surface area contributed by atoms with Crippen molar-refractivity contribution < 1.29 is 16.2 Å². The van der Waals surface area contributed by atoms with Gasteiger partial charge in [-0.05, 0) is 165 Å². The van der Waals surface area contributed by atoms with Gasteiger partial charge in [0.15, 0.2) is 0 Å². The second-order valence-electron chi connectivity index (χ2n) is 27.5. The van der Waals surface area contributed by atoms with Gasteiger partial charge in [-0.25, -0.2) is 4.98 Å². The average Bonchev–Trinajstić information content (AvgIpc) is 1.50. The second kappa shape index (κ2) is 20.6. The minimum absolute atomic E-state index is 0.0758. The molecule has 13 aromatic rings. The zero-order valence-corrected chi connectivity index (χ0v) is 51.7. The summed E-state index contributed by atoms with van der Waals surface area (Å²) in [6.07, 6.45) is 5.96. The third-order valence-corrected chi connectivity index (χ3v) is 17.5. The lowest BCUT2D eigenvalue weighted by molar-refractivity contribution is -0.570. The summed E-state index contributed by atoms with van der Waals surface area (Å²) in [6.45, 7) is 27.0. The number of nitrogens with zero attached hydrogens (tertiary/aromatic N) is 4. The summed E-state index contributed by atoms with van der Waals surface area (Å²) in [5.41, 5.74) is 19.7. The van der Waals surface area contributed by atoms with Crippen molar-refractivity contribution in [2.24, 2.45) is 0 Å². The zero-order chi connectivity index (χ0) is 64.7. The van der Waals surface area contributed by atoms with E-state index in [2.05, 4.69) is 267 Å². The maximum absolute atomic E-state index is 9.49. The molecule has 87 heavy (non-hydrogen) atoms. The fraction of sp³-hybridized carbons (Fsp3) is 0.195. The Labute approximate surface area is 519 Å². The highest BCUT2D eigenvalue weighted by Crippen LogP contribution is 2.50. The highest BCUT2D eigenvalue weighted by molar-refractivity contribution is 6.10. The molecule has 0 saturated heterocycles. The summed E-state index contributed by atoms with van der Waals surface area (Å²) >= 11 is 0. The van der Waals surface area contributed by atoms with Crippen LogP contribution in [0, 0.1) is 6.33 Å². The SMILES string of the molecule is [2H]c1c([2H])c([2H])c(-c2cccc3c2-c2ccccc2-c2cc(-c4cc(C(C)(C)C)cc(C(C)(C)C)c4)cc4c2[n+]([c-]n4-c2cccc(Oc4ccc5c6ccccc6n(-c6cc(C(C)(C)C)ccn6)c5c4)c2)-c2c(-c4ccc(C(C)(C)C)cc4)cccc2-3)c([2H])c1[2H]. The van der Waals surface area contributed by atoms with Gasteiger partial charge in [0.1, 0.15) is 17.3 Å². The first-order valence-electron chi connectivity index (χ1n) is 32.8. The van der Waals surface area contributed by atoms with Crippen molar-refractivity contribution in [2.45, 2.75) is 105 Å². The Morgan fingerprint density at radius 1 is 0.414 bits per heavy atom. The molecule has 0 fully saturated rings. The minimum atomic E-state index is -0.436. The molecule has 0 saturated carbocycles. The summed E-state index contributed by atoms with van der Waals surface area (Å²) in [6, 6.07) is 67.0. The van der Waals surface area contributed by atoms with Gasteiger partial charge in [-0.3, -0.25) is 13.7 Å². The highest BCUT2D eigenvalue weighted by atomic mass is 16.5. The summed E-state index contributed by atoms with van der Waals surface area (Å²) in [5, 5.41) is 2.23. The molecule has 4 heterocycles. The van der Waals surface area contributed by atoms with Gasteiger partial charge in [0.2, 0.25) is 0 Å². The van der Waals surface area contributed by atoms with Crippen LogP contribution in [0.1, 0.15) is 112 Å². The molecule has 0 spiro atoms. The molecule has 0 radical (unpaired) electrons. The Hall–Kier alpha value is -9.58. The van der Waals surface area contributed by atoms with Crippen molar-refractivity contribution in [2.75, 3.05) is 0 Å². The normalized spacial score (nSPS) is 13.4. The lowest BCUT2D eigenvalue weighted by atomic mass is 9.78. The number of pyridine rings is 1.